The number of nitrogens with one attached hydrogen (secondary N) is 1. The molecule has 1 unspecified atom stereocenters. The van der Waals surface area contributed by atoms with Crippen molar-refractivity contribution in [1.29, 1.82) is 0 Å². The van der Waals surface area contributed by atoms with Gasteiger partial charge in [-0.15, -0.1) is 0 Å². The zero-order valence-corrected chi connectivity index (χ0v) is 9.08. The van der Waals surface area contributed by atoms with Gasteiger partial charge < -0.3 is 15.8 Å². The molecule has 1 aromatic rings. The van der Waals surface area contributed by atoms with E-state index in [1.165, 1.54) is 0 Å². The van der Waals surface area contributed by atoms with Gasteiger partial charge in [-0.1, -0.05) is 0 Å². The van der Waals surface area contributed by atoms with Crippen LogP contribution in [0.4, 0.5) is 5.95 Å². The third-order valence-electron chi connectivity index (χ3n) is 2.51. The molecule has 1 aromatic heterocycles. The first kappa shape index (κ1) is 10.3. The lowest BCUT2D eigenvalue weighted by Crippen LogP contribution is -2.26. The molecule has 82 valence electrons. The Kier molecular flexibility index (Phi) is 2.83. The highest BCUT2D eigenvalue weighted by Gasteiger charge is 2.17. The largest absolute Gasteiger partial charge is 0.370 e. The van der Waals surface area contributed by atoms with Crippen LogP contribution >= 0.6 is 0 Å². The summed E-state index contributed by atoms with van der Waals surface area (Å²) in [4.78, 5) is 8.77. The van der Waals surface area contributed by atoms with Crippen molar-refractivity contribution in [2.45, 2.75) is 33.1 Å². The van der Waals surface area contributed by atoms with Gasteiger partial charge >= 0.3 is 0 Å². The molecule has 1 aliphatic rings. The van der Waals surface area contributed by atoms with Crippen molar-refractivity contribution < 1.29 is 4.74 Å². The van der Waals surface area contributed by atoms with E-state index in [0.717, 1.165) is 17.0 Å². The van der Waals surface area contributed by atoms with Crippen LogP contribution in [0.2, 0.25) is 0 Å². The van der Waals surface area contributed by atoms with Crippen molar-refractivity contribution in [2.75, 3.05) is 11.9 Å². The highest BCUT2D eigenvalue weighted by Crippen LogP contribution is 2.21. The maximum Gasteiger partial charge on any atom is 0.223 e. The second-order valence-corrected chi connectivity index (χ2v) is 3.83. The fourth-order valence-corrected chi connectivity index (χ4v) is 1.56. The summed E-state index contributed by atoms with van der Waals surface area (Å²) in [6.45, 7) is 5.77. The van der Waals surface area contributed by atoms with Gasteiger partial charge in [-0.25, -0.2) is 9.97 Å². The minimum Gasteiger partial charge on any atom is -0.370 e. The number of hydrogen-bond donors (Lipinski definition) is 2. The molecule has 0 fully saturated rings. The van der Waals surface area contributed by atoms with Crippen LogP contribution in [-0.2, 0) is 18.0 Å². The molecule has 1 aliphatic heterocycles. The van der Waals surface area contributed by atoms with Gasteiger partial charge in [0.1, 0.15) is 0 Å². The summed E-state index contributed by atoms with van der Waals surface area (Å²) in [7, 11) is 0. The molecule has 0 saturated heterocycles. The van der Waals surface area contributed by atoms with Gasteiger partial charge in [-0.2, -0.15) is 0 Å². The minimum atomic E-state index is 0.185. The number of ether oxygens (including phenoxy) is 1. The first-order chi connectivity index (χ1) is 7.20. The monoisotopic (exact) mass is 208 g/mol. The Bertz CT molecular complexity index is 367. The van der Waals surface area contributed by atoms with E-state index < -0.39 is 0 Å². The molecular formula is C10H16N4O. The maximum atomic E-state index is 5.53. The Balaban J connectivity index is 2.23. The van der Waals surface area contributed by atoms with E-state index in [2.05, 4.69) is 15.3 Å². The number of rotatable bonds is 3. The molecule has 0 bridgehead atoms. The Morgan fingerprint density at radius 3 is 3.00 bits per heavy atom. The summed E-state index contributed by atoms with van der Waals surface area (Å²) >= 11 is 0. The molecule has 0 radical (unpaired) electrons. The van der Waals surface area contributed by atoms with Gasteiger partial charge in [0, 0.05) is 23.8 Å². The van der Waals surface area contributed by atoms with Crippen molar-refractivity contribution in [3.05, 3.63) is 17.0 Å². The summed E-state index contributed by atoms with van der Waals surface area (Å²) in [6.07, 6.45) is 0. The lowest BCUT2D eigenvalue weighted by atomic mass is 10.2. The van der Waals surface area contributed by atoms with Crippen LogP contribution in [-0.4, -0.2) is 22.6 Å². The number of nitrogens with two attached hydrogens (primary N) is 1. The van der Waals surface area contributed by atoms with E-state index in [9.17, 15) is 0 Å². The topological polar surface area (TPSA) is 73.1 Å². The maximum absolute atomic E-state index is 5.53. The Morgan fingerprint density at radius 2 is 2.27 bits per heavy atom. The van der Waals surface area contributed by atoms with Crippen LogP contribution in [0.3, 0.4) is 0 Å². The quantitative estimate of drug-likeness (QED) is 0.760. The smallest absolute Gasteiger partial charge is 0.223 e. The first-order valence-corrected chi connectivity index (χ1v) is 5.11. The molecule has 0 aromatic carbocycles. The van der Waals surface area contributed by atoms with Crippen molar-refractivity contribution in [2.24, 2.45) is 5.73 Å². The Hall–Kier alpha value is -1.20. The minimum absolute atomic E-state index is 0.185. The van der Waals surface area contributed by atoms with E-state index in [4.69, 9.17) is 10.5 Å². The molecule has 0 aliphatic carbocycles. The van der Waals surface area contributed by atoms with Gasteiger partial charge in [0.25, 0.3) is 0 Å². The molecule has 1 atom stereocenters. The molecule has 5 nitrogen and oxygen atoms in total. The molecule has 0 saturated carbocycles. The SMILES string of the molecule is Cc1nc(NC(C)CN)nc2c1COC2. The summed E-state index contributed by atoms with van der Waals surface area (Å²) in [5.74, 6) is 0.648. The van der Waals surface area contributed by atoms with Gasteiger partial charge in [-0.3, -0.25) is 0 Å². The zero-order chi connectivity index (χ0) is 10.8. The number of hydrogen-bond acceptors (Lipinski definition) is 5. The number of fused-ring (bicyclic) bond motifs is 1. The lowest BCUT2D eigenvalue weighted by Gasteiger charge is -2.12. The standard InChI is InChI=1S/C10H16N4O/c1-6(3-11)12-10-13-7(2)8-4-15-5-9(8)14-10/h6H,3-5,11H2,1-2H3,(H,12,13,14). The predicted molar refractivity (Wildman–Crippen MR) is 57.4 cm³/mol. The molecule has 2 rings (SSSR count). The Morgan fingerprint density at radius 1 is 1.47 bits per heavy atom. The lowest BCUT2D eigenvalue weighted by molar-refractivity contribution is 0.133. The van der Waals surface area contributed by atoms with Gasteiger partial charge in [-0.05, 0) is 13.8 Å². The van der Waals surface area contributed by atoms with E-state index in [1.54, 1.807) is 0 Å². The van der Waals surface area contributed by atoms with Gasteiger partial charge in [0.15, 0.2) is 0 Å². The van der Waals surface area contributed by atoms with Gasteiger partial charge in [0.2, 0.25) is 5.95 Å². The molecule has 5 heteroatoms. The predicted octanol–water partition coefficient (Wildman–Crippen LogP) is 0.574. The molecule has 0 amide bonds. The highest BCUT2D eigenvalue weighted by molar-refractivity contribution is 5.35. The van der Waals surface area contributed by atoms with Crippen molar-refractivity contribution >= 4 is 5.95 Å². The molecule has 0 spiro atoms. The van der Waals surface area contributed by atoms with Crippen LogP contribution in [0, 0.1) is 6.92 Å². The second kappa shape index (κ2) is 4.12. The van der Waals surface area contributed by atoms with Crippen LogP contribution < -0.4 is 11.1 Å². The summed E-state index contributed by atoms with van der Waals surface area (Å²) < 4.78 is 5.33. The summed E-state index contributed by atoms with van der Waals surface area (Å²) in [6, 6.07) is 0.185. The molecular weight excluding hydrogens is 192 g/mol. The average molecular weight is 208 g/mol. The van der Waals surface area contributed by atoms with Gasteiger partial charge in [0.05, 0.1) is 18.9 Å². The van der Waals surface area contributed by atoms with Crippen LogP contribution in [0.25, 0.3) is 0 Å². The van der Waals surface area contributed by atoms with Crippen molar-refractivity contribution in [3.8, 4) is 0 Å². The van der Waals surface area contributed by atoms with Crippen molar-refractivity contribution in [1.82, 2.24) is 9.97 Å². The van der Waals surface area contributed by atoms with Crippen LogP contribution in [0.5, 0.6) is 0 Å². The average Bonchev–Trinajstić information content (AvgIpc) is 2.66. The Labute approximate surface area is 89.1 Å². The van der Waals surface area contributed by atoms with E-state index in [0.29, 0.717) is 25.7 Å². The first-order valence-electron chi connectivity index (χ1n) is 5.11. The number of anilines is 1. The fourth-order valence-electron chi connectivity index (χ4n) is 1.56. The number of nitrogens with zero attached hydrogens (tertiary/aromatic N) is 2. The highest BCUT2D eigenvalue weighted by atomic mass is 16.5. The number of aryl methyl sites for hydroxylation is 1. The van der Waals surface area contributed by atoms with E-state index in [-0.39, 0.29) is 6.04 Å². The molecule has 3 N–H and O–H groups in total. The van der Waals surface area contributed by atoms with Crippen LogP contribution in [0.1, 0.15) is 23.9 Å². The third-order valence-corrected chi connectivity index (χ3v) is 2.51. The number of aromatic nitrogens is 2. The van der Waals surface area contributed by atoms with E-state index in [1.807, 2.05) is 13.8 Å². The summed E-state index contributed by atoms with van der Waals surface area (Å²) in [5, 5.41) is 3.16. The molecule has 15 heavy (non-hydrogen) atoms. The van der Waals surface area contributed by atoms with Crippen molar-refractivity contribution in [3.63, 3.8) is 0 Å². The zero-order valence-electron chi connectivity index (χ0n) is 9.08. The normalized spacial score (nSPS) is 16.2. The summed E-state index contributed by atoms with van der Waals surface area (Å²) in [5.41, 5.74) is 8.64. The molecule has 2 heterocycles. The fraction of sp³-hybridized carbons (Fsp3) is 0.600. The van der Waals surface area contributed by atoms with E-state index >= 15 is 0 Å². The van der Waals surface area contributed by atoms with Crippen LogP contribution in [0.15, 0.2) is 0 Å². The second-order valence-electron chi connectivity index (χ2n) is 3.83. The third kappa shape index (κ3) is 2.08.